The summed E-state index contributed by atoms with van der Waals surface area (Å²) in [6, 6.07) is 7.52. The summed E-state index contributed by atoms with van der Waals surface area (Å²) in [5.41, 5.74) is 0.582. The highest BCUT2D eigenvalue weighted by atomic mass is 16.3. The lowest BCUT2D eigenvalue weighted by Crippen LogP contribution is -2.40. The van der Waals surface area contributed by atoms with Crippen molar-refractivity contribution in [3.63, 3.8) is 0 Å². The van der Waals surface area contributed by atoms with E-state index in [0.717, 1.165) is 17.3 Å². The molecule has 0 saturated heterocycles. The monoisotopic (exact) mass is 260 g/mol. The van der Waals surface area contributed by atoms with Gasteiger partial charge in [-0.2, -0.15) is 0 Å². The molecule has 0 spiro atoms. The van der Waals surface area contributed by atoms with E-state index in [1.807, 2.05) is 31.3 Å². The van der Waals surface area contributed by atoms with Gasteiger partial charge in [0.1, 0.15) is 0 Å². The Labute approximate surface area is 112 Å². The van der Waals surface area contributed by atoms with Crippen LogP contribution < -0.4 is 5.32 Å². The summed E-state index contributed by atoms with van der Waals surface area (Å²) in [5.74, 6) is -0.163. The van der Waals surface area contributed by atoms with Gasteiger partial charge < -0.3 is 15.4 Å². The van der Waals surface area contributed by atoms with E-state index >= 15 is 0 Å². The van der Waals surface area contributed by atoms with Crippen LogP contribution in [0.15, 0.2) is 30.5 Å². The third kappa shape index (κ3) is 3.15. The minimum absolute atomic E-state index is 0.163. The van der Waals surface area contributed by atoms with E-state index in [1.54, 1.807) is 13.0 Å². The summed E-state index contributed by atoms with van der Waals surface area (Å²) in [6.07, 6.45) is 3.36. The molecular formula is C15H20N2O2. The Balaban J connectivity index is 2.10. The minimum atomic E-state index is -0.853. The van der Waals surface area contributed by atoms with Crippen molar-refractivity contribution in [1.82, 2.24) is 10.3 Å². The van der Waals surface area contributed by atoms with Gasteiger partial charge in [-0.25, -0.2) is 0 Å². The van der Waals surface area contributed by atoms with Gasteiger partial charge in [0.2, 0.25) is 0 Å². The number of rotatable bonds is 5. The van der Waals surface area contributed by atoms with Crippen LogP contribution in [0.2, 0.25) is 0 Å². The SMILES string of the molecule is CCCC(C)(O)CNC(=O)c1cccc2cc[nH]c12. The van der Waals surface area contributed by atoms with E-state index in [2.05, 4.69) is 10.3 Å². The van der Waals surface area contributed by atoms with Crippen molar-refractivity contribution in [1.29, 1.82) is 0 Å². The number of carbonyl (C=O) groups is 1. The molecule has 4 nitrogen and oxygen atoms in total. The van der Waals surface area contributed by atoms with Crippen molar-refractivity contribution in [3.05, 3.63) is 36.0 Å². The number of hydrogen-bond acceptors (Lipinski definition) is 2. The molecule has 0 aliphatic rings. The Hall–Kier alpha value is -1.81. The number of para-hydroxylation sites is 1. The molecule has 1 atom stereocenters. The third-order valence-electron chi connectivity index (χ3n) is 3.25. The lowest BCUT2D eigenvalue weighted by atomic mass is 10.0. The van der Waals surface area contributed by atoms with E-state index in [0.29, 0.717) is 12.0 Å². The molecule has 1 aromatic heterocycles. The molecule has 19 heavy (non-hydrogen) atoms. The molecule has 2 rings (SSSR count). The van der Waals surface area contributed by atoms with Crippen LogP contribution in [0.5, 0.6) is 0 Å². The van der Waals surface area contributed by atoms with E-state index in [4.69, 9.17) is 0 Å². The predicted octanol–water partition coefficient (Wildman–Crippen LogP) is 2.45. The molecule has 0 aliphatic carbocycles. The second-order valence-electron chi connectivity index (χ2n) is 5.18. The van der Waals surface area contributed by atoms with Gasteiger partial charge in [-0.1, -0.05) is 25.5 Å². The summed E-state index contributed by atoms with van der Waals surface area (Å²) < 4.78 is 0. The Morgan fingerprint density at radius 3 is 2.95 bits per heavy atom. The average Bonchev–Trinajstić information content (AvgIpc) is 2.84. The second kappa shape index (κ2) is 5.45. The molecule has 0 fully saturated rings. The molecule has 102 valence electrons. The molecule has 1 unspecified atom stereocenters. The first-order chi connectivity index (χ1) is 9.03. The third-order valence-corrected chi connectivity index (χ3v) is 3.25. The predicted molar refractivity (Wildman–Crippen MR) is 76.2 cm³/mol. The van der Waals surface area contributed by atoms with E-state index < -0.39 is 5.60 Å². The van der Waals surface area contributed by atoms with Gasteiger partial charge in [0.15, 0.2) is 0 Å². The van der Waals surface area contributed by atoms with Gasteiger partial charge in [0.05, 0.1) is 16.7 Å². The Bertz CT molecular complexity index is 572. The Morgan fingerprint density at radius 1 is 1.42 bits per heavy atom. The molecule has 0 aliphatic heterocycles. The fraction of sp³-hybridized carbons (Fsp3) is 0.400. The number of hydrogen-bond donors (Lipinski definition) is 3. The quantitative estimate of drug-likeness (QED) is 0.773. The number of carbonyl (C=O) groups excluding carboxylic acids is 1. The first kappa shape index (κ1) is 13.6. The molecule has 1 aromatic carbocycles. The number of nitrogens with one attached hydrogen (secondary N) is 2. The van der Waals surface area contributed by atoms with Crippen LogP contribution in [0, 0.1) is 0 Å². The molecule has 3 N–H and O–H groups in total. The standard InChI is InChI=1S/C15H20N2O2/c1-3-8-15(2,19)10-17-14(18)12-6-4-5-11-7-9-16-13(11)12/h4-7,9,16,19H,3,8,10H2,1-2H3,(H,17,18). The van der Waals surface area contributed by atoms with Crippen molar-refractivity contribution in [2.75, 3.05) is 6.54 Å². The Morgan fingerprint density at radius 2 is 2.21 bits per heavy atom. The highest BCUT2D eigenvalue weighted by Crippen LogP contribution is 2.17. The van der Waals surface area contributed by atoms with E-state index in [1.165, 1.54) is 0 Å². The average molecular weight is 260 g/mol. The zero-order valence-corrected chi connectivity index (χ0v) is 11.4. The highest BCUT2D eigenvalue weighted by Gasteiger charge is 2.20. The largest absolute Gasteiger partial charge is 0.388 e. The van der Waals surface area contributed by atoms with Gasteiger partial charge in [-0.05, 0) is 25.5 Å². The summed E-state index contributed by atoms with van der Waals surface area (Å²) in [6.45, 7) is 4.01. The van der Waals surface area contributed by atoms with Crippen molar-refractivity contribution in [2.24, 2.45) is 0 Å². The van der Waals surface area contributed by atoms with Gasteiger partial charge in [-0.3, -0.25) is 4.79 Å². The molecule has 0 radical (unpaired) electrons. The van der Waals surface area contributed by atoms with Crippen molar-refractivity contribution < 1.29 is 9.90 Å². The highest BCUT2D eigenvalue weighted by molar-refractivity contribution is 6.05. The van der Waals surface area contributed by atoms with Crippen LogP contribution in [-0.4, -0.2) is 28.1 Å². The minimum Gasteiger partial charge on any atom is -0.388 e. The topological polar surface area (TPSA) is 65.1 Å². The fourth-order valence-corrected chi connectivity index (χ4v) is 2.27. The van der Waals surface area contributed by atoms with Crippen LogP contribution in [0.3, 0.4) is 0 Å². The fourth-order valence-electron chi connectivity index (χ4n) is 2.27. The maximum absolute atomic E-state index is 12.2. The molecule has 4 heteroatoms. The second-order valence-corrected chi connectivity index (χ2v) is 5.18. The smallest absolute Gasteiger partial charge is 0.253 e. The van der Waals surface area contributed by atoms with Gasteiger partial charge in [-0.15, -0.1) is 0 Å². The lowest BCUT2D eigenvalue weighted by Gasteiger charge is -2.23. The van der Waals surface area contributed by atoms with Crippen LogP contribution in [0.1, 0.15) is 37.0 Å². The first-order valence-corrected chi connectivity index (χ1v) is 6.60. The Kier molecular flexibility index (Phi) is 3.90. The first-order valence-electron chi connectivity index (χ1n) is 6.60. The lowest BCUT2D eigenvalue weighted by molar-refractivity contribution is 0.0470. The molecule has 1 heterocycles. The molecular weight excluding hydrogens is 240 g/mol. The van der Waals surface area contributed by atoms with Gasteiger partial charge in [0.25, 0.3) is 5.91 Å². The number of fused-ring (bicyclic) bond motifs is 1. The van der Waals surface area contributed by atoms with Crippen LogP contribution in [-0.2, 0) is 0 Å². The zero-order chi connectivity index (χ0) is 13.9. The number of benzene rings is 1. The van der Waals surface area contributed by atoms with Gasteiger partial charge in [0, 0.05) is 18.1 Å². The molecule has 1 amide bonds. The van der Waals surface area contributed by atoms with Crippen LogP contribution in [0.25, 0.3) is 10.9 Å². The molecule has 0 saturated carbocycles. The zero-order valence-electron chi connectivity index (χ0n) is 11.4. The summed E-state index contributed by atoms with van der Waals surface area (Å²) >= 11 is 0. The summed E-state index contributed by atoms with van der Waals surface area (Å²) in [4.78, 5) is 15.2. The van der Waals surface area contributed by atoms with Crippen molar-refractivity contribution in [2.45, 2.75) is 32.3 Å². The molecule has 0 bridgehead atoms. The van der Waals surface area contributed by atoms with Gasteiger partial charge >= 0.3 is 0 Å². The van der Waals surface area contributed by atoms with E-state index in [-0.39, 0.29) is 12.5 Å². The summed E-state index contributed by atoms with van der Waals surface area (Å²) in [7, 11) is 0. The number of H-pyrrole nitrogens is 1. The number of amides is 1. The van der Waals surface area contributed by atoms with E-state index in [9.17, 15) is 9.90 Å². The van der Waals surface area contributed by atoms with Crippen molar-refractivity contribution >= 4 is 16.8 Å². The number of aromatic amines is 1. The normalized spacial score (nSPS) is 14.3. The number of aromatic nitrogens is 1. The number of aliphatic hydroxyl groups is 1. The van der Waals surface area contributed by atoms with Crippen LogP contribution in [0.4, 0.5) is 0 Å². The maximum Gasteiger partial charge on any atom is 0.253 e. The van der Waals surface area contributed by atoms with Crippen LogP contribution >= 0.6 is 0 Å². The summed E-state index contributed by atoms with van der Waals surface area (Å²) in [5, 5.41) is 13.9. The van der Waals surface area contributed by atoms with Crippen molar-refractivity contribution in [3.8, 4) is 0 Å². The maximum atomic E-state index is 12.2. The molecule has 2 aromatic rings.